The Labute approximate surface area is 117 Å². The minimum Gasteiger partial charge on any atom is -0.363 e. The Kier molecular flexibility index (Phi) is 4.83. The molecule has 0 bridgehead atoms. The monoisotopic (exact) mass is 284 g/mol. The van der Waals surface area contributed by atoms with Gasteiger partial charge >= 0.3 is 0 Å². The lowest BCUT2D eigenvalue weighted by Crippen LogP contribution is -2.39. The molecule has 0 fully saturated rings. The average Bonchev–Trinajstić information content (AvgIpc) is 2.37. The number of rotatable bonds is 3. The molecule has 1 aromatic carbocycles. The van der Waals surface area contributed by atoms with Crippen molar-refractivity contribution in [2.45, 2.75) is 30.7 Å². The summed E-state index contributed by atoms with van der Waals surface area (Å²) in [5, 5.41) is 7.08. The summed E-state index contributed by atoms with van der Waals surface area (Å²) in [5.41, 5.74) is 1.02. The molecule has 1 atom stereocenters. The van der Waals surface area contributed by atoms with Gasteiger partial charge in [-0.05, 0) is 48.8 Å². The van der Waals surface area contributed by atoms with Gasteiger partial charge in [-0.1, -0.05) is 6.92 Å². The largest absolute Gasteiger partial charge is 0.363 e. The minimum absolute atomic E-state index is 0.119. The highest BCUT2D eigenvalue weighted by Gasteiger charge is 2.21. The molecule has 0 aliphatic carbocycles. The summed E-state index contributed by atoms with van der Waals surface area (Å²) in [4.78, 5) is 1.15. The van der Waals surface area contributed by atoms with Crippen LogP contribution in [0.4, 0.5) is 4.39 Å². The second kappa shape index (κ2) is 6.38. The van der Waals surface area contributed by atoms with Crippen LogP contribution in [0.5, 0.6) is 0 Å². The number of thiocarbonyl (C=S) groups is 1. The van der Waals surface area contributed by atoms with Gasteiger partial charge in [-0.25, -0.2) is 4.39 Å². The maximum Gasteiger partial charge on any atom is 0.166 e. The molecule has 0 unspecified atom stereocenters. The number of fused-ring (bicyclic) bond motifs is 1. The molecule has 0 spiro atoms. The number of nitrogens with one attached hydrogen (secondary N) is 2. The van der Waals surface area contributed by atoms with E-state index in [-0.39, 0.29) is 11.9 Å². The van der Waals surface area contributed by atoms with Gasteiger partial charge in [0.25, 0.3) is 0 Å². The van der Waals surface area contributed by atoms with E-state index in [1.807, 2.05) is 6.07 Å². The van der Waals surface area contributed by atoms with E-state index >= 15 is 0 Å². The van der Waals surface area contributed by atoms with Crippen LogP contribution in [0.15, 0.2) is 23.1 Å². The van der Waals surface area contributed by atoms with Crippen molar-refractivity contribution in [3.05, 3.63) is 29.6 Å². The SMILES string of the molecule is CCCNC(=S)N[C@H]1CCSc2ccc(F)cc21. The zero-order valence-electron chi connectivity index (χ0n) is 10.3. The molecule has 1 aliphatic heterocycles. The topological polar surface area (TPSA) is 24.1 Å². The van der Waals surface area contributed by atoms with Crippen molar-refractivity contribution >= 4 is 29.1 Å². The molecule has 0 saturated heterocycles. The molecular weight excluding hydrogens is 267 g/mol. The predicted octanol–water partition coefficient (Wildman–Crippen LogP) is 3.24. The highest BCUT2D eigenvalue weighted by atomic mass is 32.2. The Bertz CT molecular complexity index is 437. The van der Waals surface area contributed by atoms with Gasteiger partial charge in [-0.15, -0.1) is 11.8 Å². The van der Waals surface area contributed by atoms with Crippen molar-refractivity contribution in [3.63, 3.8) is 0 Å². The third kappa shape index (κ3) is 3.36. The van der Waals surface area contributed by atoms with Crippen LogP contribution in [0.3, 0.4) is 0 Å². The zero-order chi connectivity index (χ0) is 13.0. The molecule has 1 aliphatic rings. The molecule has 18 heavy (non-hydrogen) atoms. The van der Waals surface area contributed by atoms with Crippen LogP contribution in [0, 0.1) is 5.82 Å². The fourth-order valence-electron chi connectivity index (χ4n) is 1.96. The molecule has 0 saturated carbocycles. The number of halogens is 1. The van der Waals surface area contributed by atoms with Crippen LogP contribution in [0.2, 0.25) is 0 Å². The molecule has 2 nitrogen and oxygen atoms in total. The third-order valence-electron chi connectivity index (χ3n) is 2.85. The van der Waals surface area contributed by atoms with E-state index in [0.717, 1.165) is 35.6 Å². The van der Waals surface area contributed by atoms with Gasteiger partial charge in [0.1, 0.15) is 5.82 Å². The summed E-state index contributed by atoms with van der Waals surface area (Å²) in [6.45, 7) is 2.96. The van der Waals surface area contributed by atoms with Gasteiger partial charge in [-0.2, -0.15) is 0 Å². The van der Waals surface area contributed by atoms with E-state index in [4.69, 9.17) is 12.2 Å². The van der Waals surface area contributed by atoms with E-state index < -0.39 is 0 Å². The molecule has 5 heteroatoms. The van der Waals surface area contributed by atoms with Crippen molar-refractivity contribution in [1.82, 2.24) is 10.6 Å². The maximum absolute atomic E-state index is 13.3. The zero-order valence-corrected chi connectivity index (χ0v) is 12.0. The first-order valence-corrected chi connectivity index (χ1v) is 7.56. The number of hydrogen-bond acceptors (Lipinski definition) is 2. The summed E-state index contributed by atoms with van der Waals surface area (Å²) in [6, 6.07) is 5.10. The van der Waals surface area contributed by atoms with Crippen LogP contribution < -0.4 is 10.6 Å². The summed E-state index contributed by atoms with van der Waals surface area (Å²) < 4.78 is 13.3. The molecule has 98 valence electrons. The van der Waals surface area contributed by atoms with Crippen LogP contribution in [-0.2, 0) is 0 Å². The highest BCUT2D eigenvalue weighted by Crippen LogP contribution is 2.36. The highest BCUT2D eigenvalue weighted by molar-refractivity contribution is 7.99. The predicted molar refractivity (Wildman–Crippen MR) is 78.5 cm³/mol. The molecule has 1 aromatic rings. The quantitative estimate of drug-likeness (QED) is 0.832. The third-order valence-corrected chi connectivity index (χ3v) is 4.24. The van der Waals surface area contributed by atoms with Gasteiger partial charge < -0.3 is 10.6 Å². The summed E-state index contributed by atoms with van der Waals surface area (Å²) >= 11 is 7.02. The van der Waals surface area contributed by atoms with Gasteiger partial charge in [0.05, 0.1) is 6.04 Å². The van der Waals surface area contributed by atoms with Crippen molar-refractivity contribution in [2.24, 2.45) is 0 Å². The molecule has 0 radical (unpaired) electrons. The van der Waals surface area contributed by atoms with Gasteiger partial charge in [-0.3, -0.25) is 0 Å². The summed E-state index contributed by atoms with van der Waals surface area (Å²) in [5.74, 6) is 0.850. The number of thioether (sulfide) groups is 1. The minimum atomic E-state index is -0.185. The molecule has 0 amide bonds. The standard InChI is InChI=1S/C13H17FN2S2/c1-2-6-15-13(17)16-11-5-7-18-12-4-3-9(14)8-10(11)12/h3-4,8,11H,2,5-7H2,1H3,(H2,15,16,17)/t11-/m0/s1. The lowest BCUT2D eigenvalue weighted by Gasteiger charge is -2.27. The van der Waals surface area contributed by atoms with E-state index in [1.54, 1.807) is 17.8 Å². The first kappa shape index (κ1) is 13.6. The normalized spacial score (nSPS) is 18.0. The summed E-state index contributed by atoms with van der Waals surface area (Å²) in [6.07, 6.45) is 2.00. The molecule has 0 aromatic heterocycles. The Hall–Kier alpha value is -0.810. The second-order valence-electron chi connectivity index (χ2n) is 4.27. The molecule has 2 N–H and O–H groups in total. The number of benzene rings is 1. The lowest BCUT2D eigenvalue weighted by atomic mass is 10.0. The summed E-state index contributed by atoms with van der Waals surface area (Å²) in [7, 11) is 0. The van der Waals surface area contributed by atoms with Crippen molar-refractivity contribution in [3.8, 4) is 0 Å². The van der Waals surface area contributed by atoms with Gasteiger partial charge in [0.15, 0.2) is 5.11 Å². The Morgan fingerprint density at radius 2 is 2.39 bits per heavy atom. The van der Waals surface area contributed by atoms with Crippen molar-refractivity contribution in [1.29, 1.82) is 0 Å². The van der Waals surface area contributed by atoms with Crippen LogP contribution in [0.1, 0.15) is 31.4 Å². The second-order valence-corrected chi connectivity index (χ2v) is 5.82. The van der Waals surface area contributed by atoms with Crippen LogP contribution in [0.25, 0.3) is 0 Å². The van der Waals surface area contributed by atoms with Gasteiger partial charge in [0, 0.05) is 17.2 Å². The van der Waals surface area contributed by atoms with Crippen LogP contribution >= 0.6 is 24.0 Å². The first-order valence-electron chi connectivity index (χ1n) is 6.17. The Morgan fingerprint density at radius 1 is 1.56 bits per heavy atom. The molecule has 2 rings (SSSR count). The fourth-order valence-corrected chi connectivity index (χ4v) is 3.31. The Morgan fingerprint density at radius 3 is 3.17 bits per heavy atom. The number of hydrogen-bond donors (Lipinski definition) is 2. The van der Waals surface area contributed by atoms with Gasteiger partial charge in [0.2, 0.25) is 0 Å². The lowest BCUT2D eigenvalue weighted by molar-refractivity contribution is 0.581. The maximum atomic E-state index is 13.3. The Balaban J connectivity index is 2.07. The fraction of sp³-hybridized carbons (Fsp3) is 0.462. The van der Waals surface area contributed by atoms with Crippen molar-refractivity contribution in [2.75, 3.05) is 12.3 Å². The molecular formula is C13H17FN2S2. The van der Waals surface area contributed by atoms with E-state index in [0.29, 0.717) is 5.11 Å². The van der Waals surface area contributed by atoms with E-state index in [9.17, 15) is 4.39 Å². The first-order chi connectivity index (χ1) is 8.70. The molecule has 1 heterocycles. The van der Waals surface area contributed by atoms with E-state index in [2.05, 4.69) is 17.6 Å². The smallest absolute Gasteiger partial charge is 0.166 e. The van der Waals surface area contributed by atoms with Crippen LogP contribution in [-0.4, -0.2) is 17.4 Å². The van der Waals surface area contributed by atoms with E-state index in [1.165, 1.54) is 6.07 Å². The van der Waals surface area contributed by atoms with Crippen molar-refractivity contribution < 1.29 is 4.39 Å². The average molecular weight is 284 g/mol.